The topological polar surface area (TPSA) is 57.4 Å². The van der Waals surface area contributed by atoms with Crippen molar-refractivity contribution in [2.75, 3.05) is 19.8 Å². The fourth-order valence-electron chi connectivity index (χ4n) is 3.28. The molecule has 2 aliphatic heterocycles. The summed E-state index contributed by atoms with van der Waals surface area (Å²) in [5.74, 6) is 0.460. The largest absolute Gasteiger partial charge is 0.381 e. The van der Waals surface area contributed by atoms with Crippen molar-refractivity contribution in [2.45, 2.75) is 37.3 Å². The van der Waals surface area contributed by atoms with E-state index in [1.807, 2.05) is 24.4 Å². The van der Waals surface area contributed by atoms with Crippen LogP contribution in [-0.2, 0) is 9.47 Å². The van der Waals surface area contributed by atoms with Crippen LogP contribution in [-0.4, -0.2) is 30.4 Å². The number of nitrogens with zero attached hydrogens (tertiary/aromatic N) is 1. The van der Waals surface area contributed by atoms with E-state index in [-0.39, 0.29) is 11.6 Å². The van der Waals surface area contributed by atoms with Crippen molar-refractivity contribution in [2.24, 2.45) is 11.7 Å². The summed E-state index contributed by atoms with van der Waals surface area (Å²) in [6.07, 6.45) is 5.88. The zero-order valence-electron chi connectivity index (χ0n) is 11.3. The van der Waals surface area contributed by atoms with Crippen LogP contribution < -0.4 is 5.73 Å². The summed E-state index contributed by atoms with van der Waals surface area (Å²) < 4.78 is 11.5. The van der Waals surface area contributed by atoms with Gasteiger partial charge in [-0.1, -0.05) is 6.07 Å². The van der Waals surface area contributed by atoms with Crippen molar-refractivity contribution in [3.05, 3.63) is 30.1 Å². The summed E-state index contributed by atoms with van der Waals surface area (Å²) in [6, 6.07) is 5.98. The Morgan fingerprint density at radius 2 is 2.11 bits per heavy atom. The summed E-state index contributed by atoms with van der Waals surface area (Å²) in [4.78, 5) is 4.40. The zero-order chi connectivity index (χ0) is 13.1. The summed E-state index contributed by atoms with van der Waals surface area (Å²) in [7, 11) is 0. The van der Waals surface area contributed by atoms with Gasteiger partial charge in [0, 0.05) is 26.0 Å². The third-order valence-electron chi connectivity index (χ3n) is 4.47. The molecule has 2 saturated heterocycles. The van der Waals surface area contributed by atoms with Crippen LogP contribution in [0.5, 0.6) is 0 Å². The molecule has 104 valence electrons. The first-order valence-corrected chi connectivity index (χ1v) is 7.17. The molecule has 0 aliphatic carbocycles. The number of aromatic nitrogens is 1. The Morgan fingerprint density at radius 3 is 2.84 bits per heavy atom. The highest BCUT2D eigenvalue weighted by molar-refractivity contribution is 5.10. The van der Waals surface area contributed by atoms with E-state index in [9.17, 15) is 0 Å². The van der Waals surface area contributed by atoms with Crippen LogP contribution in [0.15, 0.2) is 24.4 Å². The molecule has 0 amide bonds. The first kappa shape index (κ1) is 13.0. The molecule has 0 saturated carbocycles. The van der Waals surface area contributed by atoms with Crippen molar-refractivity contribution in [1.82, 2.24) is 4.98 Å². The number of pyridine rings is 1. The van der Waals surface area contributed by atoms with Gasteiger partial charge < -0.3 is 15.2 Å². The lowest BCUT2D eigenvalue weighted by Crippen LogP contribution is -2.46. The van der Waals surface area contributed by atoms with Crippen molar-refractivity contribution < 1.29 is 9.47 Å². The van der Waals surface area contributed by atoms with Crippen LogP contribution in [0.2, 0.25) is 0 Å². The molecule has 2 fully saturated rings. The lowest BCUT2D eigenvalue weighted by Gasteiger charge is -2.44. The minimum atomic E-state index is 0.00751. The highest BCUT2D eigenvalue weighted by atomic mass is 16.5. The van der Waals surface area contributed by atoms with Gasteiger partial charge in [-0.2, -0.15) is 0 Å². The maximum Gasteiger partial charge on any atom is 0.0729 e. The Hall–Kier alpha value is -0.970. The normalized spacial score (nSPS) is 28.2. The second-order valence-corrected chi connectivity index (χ2v) is 5.68. The highest BCUT2D eigenvalue weighted by Crippen LogP contribution is 2.40. The Labute approximate surface area is 114 Å². The first-order chi connectivity index (χ1) is 9.29. The molecule has 1 spiro atoms. The van der Waals surface area contributed by atoms with Crippen molar-refractivity contribution >= 4 is 0 Å². The molecule has 3 rings (SSSR count). The van der Waals surface area contributed by atoms with Crippen molar-refractivity contribution in [3.63, 3.8) is 0 Å². The number of nitrogens with two attached hydrogens (primary N) is 1. The van der Waals surface area contributed by atoms with Gasteiger partial charge >= 0.3 is 0 Å². The molecule has 2 atom stereocenters. The predicted molar refractivity (Wildman–Crippen MR) is 72.6 cm³/mol. The Morgan fingerprint density at radius 1 is 1.26 bits per heavy atom. The molecule has 2 unspecified atom stereocenters. The second kappa shape index (κ2) is 5.57. The Kier molecular flexibility index (Phi) is 3.82. The van der Waals surface area contributed by atoms with Gasteiger partial charge in [-0.25, -0.2) is 0 Å². The lowest BCUT2D eigenvalue weighted by atomic mass is 9.77. The monoisotopic (exact) mass is 262 g/mol. The van der Waals surface area contributed by atoms with Crippen LogP contribution in [0, 0.1) is 5.92 Å². The molecule has 2 N–H and O–H groups in total. The summed E-state index contributed by atoms with van der Waals surface area (Å²) in [5, 5.41) is 0. The highest BCUT2D eigenvalue weighted by Gasteiger charge is 2.40. The summed E-state index contributed by atoms with van der Waals surface area (Å²) >= 11 is 0. The minimum absolute atomic E-state index is 0.00751. The molecule has 2 aliphatic rings. The van der Waals surface area contributed by atoms with E-state index in [1.165, 1.54) is 0 Å². The van der Waals surface area contributed by atoms with Crippen LogP contribution in [0.3, 0.4) is 0 Å². The van der Waals surface area contributed by atoms with Crippen LogP contribution in [0.1, 0.15) is 37.4 Å². The fourth-order valence-corrected chi connectivity index (χ4v) is 3.28. The van der Waals surface area contributed by atoms with E-state index in [4.69, 9.17) is 15.2 Å². The third kappa shape index (κ3) is 2.81. The van der Waals surface area contributed by atoms with Gasteiger partial charge in [-0.3, -0.25) is 4.98 Å². The van der Waals surface area contributed by atoms with Gasteiger partial charge in [0.15, 0.2) is 0 Å². The molecule has 0 radical (unpaired) electrons. The summed E-state index contributed by atoms with van der Waals surface area (Å²) in [6.45, 7) is 2.43. The van der Waals surface area contributed by atoms with E-state index in [1.54, 1.807) is 0 Å². The molecule has 0 bridgehead atoms. The number of hydrogen-bond donors (Lipinski definition) is 1. The second-order valence-electron chi connectivity index (χ2n) is 5.68. The average molecular weight is 262 g/mol. The average Bonchev–Trinajstić information content (AvgIpc) is 2.48. The van der Waals surface area contributed by atoms with Gasteiger partial charge in [0.25, 0.3) is 0 Å². The third-order valence-corrected chi connectivity index (χ3v) is 4.47. The Balaban J connectivity index is 1.71. The molecule has 4 nitrogen and oxygen atoms in total. The number of rotatable bonds is 2. The van der Waals surface area contributed by atoms with Crippen molar-refractivity contribution in [3.8, 4) is 0 Å². The first-order valence-electron chi connectivity index (χ1n) is 7.17. The summed E-state index contributed by atoms with van der Waals surface area (Å²) in [5.41, 5.74) is 7.41. The lowest BCUT2D eigenvalue weighted by molar-refractivity contribution is -0.149. The van der Waals surface area contributed by atoms with Gasteiger partial charge in [-0.15, -0.1) is 0 Å². The van der Waals surface area contributed by atoms with Gasteiger partial charge in [0.1, 0.15) is 0 Å². The Bertz CT molecular complexity index is 398. The van der Waals surface area contributed by atoms with E-state index < -0.39 is 0 Å². The molecule has 0 aromatic carbocycles. The van der Waals surface area contributed by atoms with E-state index in [2.05, 4.69) is 4.98 Å². The van der Waals surface area contributed by atoms with Gasteiger partial charge in [0.2, 0.25) is 0 Å². The molecular formula is C15H22N2O2. The van der Waals surface area contributed by atoms with Crippen molar-refractivity contribution in [1.29, 1.82) is 0 Å². The van der Waals surface area contributed by atoms with Gasteiger partial charge in [0.05, 0.1) is 17.3 Å². The number of ether oxygens (including phenoxy) is 2. The maximum absolute atomic E-state index is 6.41. The van der Waals surface area contributed by atoms with E-state index in [0.29, 0.717) is 5.92 Å². The van der Waals surface area contributed by atoms with Crippen LogP contribution in [0.4, 0.5) is 0 Å². The number of hydrogen-bond acceptors (Lipinski definition) is 4. The van der Waals surface area contributed by atoms with Gasteiger partial charge in [-0.05, 0) is 43.7 Å². The van der Waals surface area contributed by atoms with Crippen LogP contribution in [0.25, 0.3) is 0 Å². The molecule has 1 aromatic rings. The fraction of sp³-hybridized carbons (Fsp3) is 0.667. The van der Waals surface area contributed by atoms with Crippen LogP contribution >= 0.6 is 0 Å². The molecule has 3 heterocycles. The SMILES string of the molecule is NC(c1ccccn1)C1CCOC2(CCOCC2)C1. The maximum atomic E-state index is 6.41. The smallest absolute Gasteiger partial charge is 0.0729 e. The quantitative estimate of drug-likeness (QED) is 0.886. The molecule has 4 heteroatoms. The minimum Gasteiger partial charge on any atom is -0.381 e. The zero-order valence-corrected chi connectivity index (χ0v) is 11.3. The standard InChI is InChI=1S/C15H22N2O2/c16-14(13-3-1-2-7-17-13)12-4-8-19-15(11-12)5-9-18-10-6-15/h1-3,7,12,14H,4-6,8-11,16H2. The van der Waals surface area contributed by atoms with E-state index in [0.717, 1.165) is 51.2 Å². The van der Waals surface area contributed by atoms with E-state index >= 15 is 0 Å². The molecule has 19 heavy (non-hydrogen) atoms. The molecule has 1 aromatic heterocycles. The predicted octanol–water partition coefficient (Wildman–Crippen LogP) is 2.06. The molecular weight excluding hydrogens is 240 g/mol.